The Hall–Kier alpha value is -2.18. The van der Waals surface area contributed by atoms with Crippen molar-refractivity contribution >= 4 is 5.97 Å². The first kappa shape index (κ1) is 14.9. The zero-order chi connectivity index (χ0) is 14.3. The van der Waals surface area contributed by atoms with Gasteiger partial charge in [0.25, 0.3) is 0 Å². The maximum Gasteiger partial charge on any atom is 0.325 e. The van der Waals surface area contributed by atoms with Crippen LogP contribution in [0.3, 0.4) is 0 Å². The van der Waals surface area contributed by atoms with Crippen molar-refractivity contribution in [1.82, 2.24) is 5.32 Å². The first-order valence-corrected chi connectivity index (χ1v) is 5.49. The highest BCUT2D eigenvalue weighted by Crippen LogP contribution is 2.19. The molecule has 102 valence electrons. The molecule has 0 spiro atoms. The van der Waals surface area contributed by atoms with Crippen LogP contribution in [0.15, 0.2) is 23.3 Å². The normalized spacial score (nSPS) is 11.7. The van der Waals surface area contributed by atoms with Crippen LogP contribution in [-0.2, 0) is 4.79 Å². The molecule has 0 aliphatic heterocycles. The second-order valence-corrected chi connectivity index (χ2v) is 3.68. The van der Waals surface area contributed by atoms with E-state index in [9.17, 15) is 13.6 Å². The Morgan fingerprint density at radius 3 is 2.89 bits per heavy atom. The molecule has 8 heteroatoms. The van der Waals surface area contributed by atoms with Crippen molar-refractivity contribution < 1.29 is 18.7 Å². The molecule has 1 rings (SSSR count). The Labute approximate surface area is 107 Å². The molecule has 1 aromatic carbocycles. The number of nitrogens with zero attached hydrogens (tertiary/aromatic N) is 3. The van der Waals surface area contributed by atoms with Gasteiger partial charge in [0, 0.05) is 17.0 Å². The van der Waals surface area contributed by atoms with E-state index in [1.807, 2.05) is 0 Å². The molecule has 0 aliphatic carbocycles. The summed E-state index contributed by atoms with van der Waals surface area (Å²) in [7, 11) is 0. The van der Waals surface area contributed by atoms with Gasteiger partial charge in [-0.15, -0.1) is 0 Å². The number of carboxylic acids is 1. The van der Waals surface area contributed by atoms with Crippen LogP contribution in [-0.4, -0.2) is 24.2 Å². The van der Waals surface area contributed by atoms with Gasteiger partial charge in [-0.05, 0) is 24.6 Å². The van der Waals surface area contributed by atoms with Gasteiger partial charge >= 0.3 is 5.97 Å². The van der Waals surface area contributed by atoms with Crippen LogP contribution in [0.4, 0.5) is 8.78 Å². The highest BCUT2D eigenvalue weighted by Gasteiger charge is 2.23. The van der Waals surface area contributed by atoms with Crippen molar-refractivity contribution in [1.29, 1.82) is 0 Å². The monoisotopic (exact) mass is 270 g/mol. The van der Waals surface area contributed by atoms with Crippen molar-refractivity contribution in [2.75, 3.05) is 13.1 Å². The molecule has 1 unspecified atom stereocenters. The lowest BCUT2D eigenvalue weighted by molar-refractivity contribution is -0.139. The van der Waals surface area contributed by atoms with Gasteiger partial charge in [-0.25, -0.2) is 8.78 Å². The Kier molecular flexibility index (Phi) is 5.72. The molecule has 0 heterocycles. The van der Waals surface area contributed by atoms with Crippen molar-refractivity contribution in [3.05, 3.63) is 45.8 Å². The van der Waals surface area contributed by atoms with Gasteiger partial charge in [0.15, 0.2) is 11.6 Å². The molecule has 0 saturated carbocycles. The Morgan fingerprint density at radius 2 is 2.26 bits per heavy atom. The number of hydrogen-bond acceptors (Lipinski definition) is 3. The van der Waals surface area contributed by atoms with Crippen LogP contribution in [0.25, 0.3) is 10.4 Å². The Bertz CT molecular complexity index is 503. The first-order valence-electron chi connectivity index (χ1n) is 5.49. The third-order valence-corrected chi connectivity index (χ3v) is 2.39. The number of carbonyl (C=O) groups is 1. The summed E-state index contributed by atoms with van der Waals surface area (Å²) < 4.78 is 26.5. The summed E-state index contributed by atoms with van der Waals surface area (Å²) in [6.07, 6.45) is 0.394. The zero-order valence-corrected chi connectivity index (χ0v) is 9.88. The smallest absolute Gasteiger partial charge is 0.325 e. The van der Waals surface area contributed by atoms with Gasteiger partial charge in [-0.3, -0.25) is 4.79 Å². The molecule has 0 aliphatic rings. The predicted molar refractivity (Wildman–Crippen MR) is 63.4 cm³/mol. The number of benzene rings is 1. The molecule has 1 aromatic rings. The fraction of sp³-hybridized carbons (Fsp3) is 0.364. The molecule has 0 aromatic heterocycles. The largest absolute Gasteiger partial charge is 0.480 e. The molecule has 6 nitrogen and oxygen atoms in total. The van der Waals surface area contributed by atoms with Gasteiger partial charge in [0.1, 0.15) is 6.04 Å². The lowest BCUT2D eigenvalue weighted by Gasteiger charge is -2.15. The van der Waals surface area contributed by atoms with Crippen LogP contribution in [0.1, 0.15) is 18.0 Å². The van der Waals surface area contributed by atoms with E-state index >= 15 is 0 Å². The van der Waals surface area contributed by atoms with E-state index in [-0.39, 0.29) is 18.7 Å². The molecule has 0 fully saturated rings. The van der Waals surface area contributed by atoms with Crippen LogP contribution in [0.2, 0.25) is 0 Å². The molecule has 2 N–H and O–H groups in total. The first-order chi connectivity index (χ1) is 9.07. The average Bonchev–Trinajstić information content (AvgIpc) is 2.37. The van der Waals surface area contributed by atoms with E-state index in [1.165, 1.54) is 12.1 Å². The minimum Gasteiger partial charge on any atom is -0.480 e. The van der Waals surface area contributed by atoms with Crippen molar-refractivity contribution in [3.8, 4) is 0 Å². The van der Waals surface area contributed by atoms with Crippen LogP contribution in [0.5, 0.6) is 0 Å². The van der Waals surface area contributed by atoms with Crippen molar-refractivity contribution in [2.45, 2.75) is 12.5 Å². The number of carboxylic acid groups (broad SMARTS) is 1. The molecule has 0 bridgehead atoms. The maximum atomic E-state index is 13.5. The number of halogens is 2. The standard InChI is InChI=1S/C11H12F2N4O2/c12-8-4-1-3-7(9(8)13)10(11(18)19)15-5-2-6-16-17-14/h1,3-4,10,15H,2,5-6H2,(H,18,19). The van der Waals surface area contributed by atoms with E-state index in [0.717, 1.165) is 6.07 Å². The van der Waals surface area contributed by atoms with Gasteiger partial charge < -0.3 is 10.4 Å². The van der Waals surface area contributed by atoms with Gasteiger partial charge in [-0.2, -0.15) is 0 Å². The predicted octanol–water partition coefficient (Wildman–Crippen LogP) is 2.38. The molecular weight excluding hydrogens is 258 g/mol. The van der Waals surface area contributed by atoms with Crippen LogP contribution < -0.4 is 5.32 Å². The van der Waals surface area contributed by atoms with Crippen molar-refractivity contribution in [2.24, 2.45) is 5.11 Å². The molecule has 19 heavy (non-hydrogen) atoms. The number of hydrogen-bond donors (Lipinski definition) is 2. The second kappa shape index (κ2) is 7.30. The second-order valence-electron chi connectivity index (χ2n) is 3.68. The molecule has 0 radical (unpaired) electrons. The summed E-state index contributed by atoms with van der Waals surface area (Å²) in [6.45, 7) is 0.396. The Balaban J connectivity index is 2.75. The number of azide groups is 1. The van der Waals surface area contributed by atoms with Gasteiger partial charge in [0.05, 0.1) is 0 Å². The third kappa shape index (κ3) is 4.20. The van der Waals surface area contributed by atoms with E-state index in [0.29, 0.717) is 6.42 Å². The topological polar surface area (TPSA) is 98.1 Å². The maximum absolute atomic E-state index is 13.5. The SMILES string of the molecule is [N-]=[N+]=NCCCNC(C(=O)O)c1cccc(F)c1F. The zero-order valence-electron chi connectivity index (χ0n) is 9.88. The summed E-state index contributed by atoms with van der Waals surface area (Å²) in [5.41, 5.74) is 7.79. The molecule has 0 saturated heterocycles. The lowest BCUT2D eigenvalue weighted by atomic mass is 10.1. The highest BCUT2D eigenvalue weighted by atomic mass is 19.2. The number of aliphatic carboxylic acids is 1. The molecular formula is C11H12F2N4O2. The summed E-state index contributed by atoms with van der Waals surface area (Å²) in [5.74, 6) is -3.59. The highest BCUT2D eigenvalue weighted by molar-refractivity contribution is 5.75. The lowest BCUT2D eigenvalue weighted by Crippen LogP contribution is -2.30. The summed E-state index contributed by atoms with van der Waals surface area (Å²) in [4.78, 5) is 13.6. The summed E-state index contributed by atoms with van der Waals surface area (Å²) in [6, 6.07) is 2.02. The van der Waals surface area contributed by atoms with Crippen LogP contribution >= 0.6 is 0 Å². The van der Waals surface area contributed by atoms with Gasteiger partial charge in [-0.1, -0.05) is 17.2 Å². The van der Waals surface area contributed by atoms with Crippen LogP contribution in [0, 0.1) is 11.6 Å². The molecule has 1 atom stereocenters. The molecule has 0 amide bonds. The summed E-state index contributed by atoms with van der Waals surface area (Å²) >= 11 is 0. The average molecular weight is 270 g/mol. The van der Waals surface area contributed by atoms with E-state index < -0.39 is 23.6 Å². The van der Waals surface area contributed by atoms with Gasteiger partial charge in [0.2, 0.25) is 0 Å². The quantitative estimate of drug-likeness (QED) is 0.344. The van der Waals surface area contributed by atoms with E-state index in [1.54, 1.807) is 0 Å². The Morgan fingerprint density at radius 1 is 1.53 bits per heavy atom. The number of rotatable bonds is 7. The number of nitrogens with one attached hydrogen (secondary N) is 1. The summed E-state index contributed by atoms with van der Waals surface area (Å²) in [5, 5.41) is 14.9. The fourth-order valence-electron chi connectivity index (χ4n) is 1.51. The van der Waals surface area contributed by atoms with E-state index in [2.05, 4.69) is 15.3 Å². The minimum atomic E-state index is -1.35. The fourth-order valence-corrected chi connectivity index (χ4v) is 1.51. The third-order valence-electron chi connectivity index (χ3n) is 2.39. The minimum absolute atomic E-state index is 0.196. The van der Waals surface area contributed by atoms with E-state index in [4.69, 9.17) is 10.6 Å². The van der Waals surface area contributed by atoms with Crippen molar-refractivity contribution in [3.63, 3.8) is 0 Å².